The number of amides is 1. The summed E-state index contributed by atoms with van der Waals surface area (Å²) in [5.41, 5.74) is 3.02. The number of carbonyl (C=O) groups excluding carboxylic acids is 1. The summed E-state index contributed by atoms with van der Waals surface area (Å²) in [4.78, 5) is 23.2. The van der Waals surface area contributed by atoms with Crippen LogP contribution >= 0.6 is 0 Å². The Bertz CT molecular complexity index is 1460. The van der Waals surface area contributed by atoms with Crippen LogP contribution in [-0.4, -0.2) is 79.2 Å². The van der Waals surface area contributed by atoms with Crippen molar-refractivity contribution in [3.8, 4) is 23.1 Å². The molecule has 8 heteroatoms. The summed E-state index contributed by atoms with van der Waals surface area (Å²) < 4.78 is 5.59. The van der Waals surface area contributed by atoms with Gasteiger partial charge < -0.3 is 20.3 Å². The molecule has 0 spiro atoms. The molecule has 1 aliphatic carbocycles. The van der Waals surface area contributed by atoms with Gasteiger partial charge in [-0.15, -0.1) is 0 Å². The molecule has 0 radical (unpaired) electrons. The number of methoxy groups -OCH3 is 1. The first-order chi connectivity index (χ1) is 19.8. The van der Waals surface area contributed by atoms with E-state index in [0.717, 1.165) is 79.6 Å². The zero-order valence-corrected chi connectivity index (χ0v) is 24.4. The highest BCUT2D eigenvalue weighted by Gasteiger charge is 2.35. The molecule has 8 nitrogen and oxygen atoms in total. The third kappa shape index (κ3) is 6.53. The van der Waals surface area contributed by atoms with E-state index in [0.29, 0.717) is 29.6 Å². The van der Waals surface area contributed by atoms with Crippen LogP contribution in [0, 0.1) is 11.3 Å². The first-order valence-corrected chi connectivity index (χ1v) is 14.4. The molecule has 2 N–H and O–H groups in total. The monoisotopic (exact) mass is 552 g/mol. The Balaban J connectivity index is 1.31. The van der Waals surface area contributed by atoms with Gasteiger partial charge in [0.25, 0.3) is 5.91 Å². The van der Waals surface area contributed by atoms with E-state index in [1.807, 2.05) is 42.5 Å². The number of likely N-dealkylation sites (N-methyl/N-ethyl adjacent to an activating group) is 1. The lowest BCUT2D eigenvalue weighted by molar-refractivity contribution is 0.0653. The van der Waals surface area contributed by atoms with Gasteiger partial charge in [0.05, 0.1) is 24.6 Å². The molecule has 0 unspecified atom stereocenters. The molecular formula is C33H40N6O2. The Morgan fingerprint density at radius 1 is 1.15 bits per heavy atom. The fourth-order valence-electron chi connectivity index (χ4n) is 6.02. The van der Waals surface area contributed by atoms with Crippen molar-refractivity contribution in [2.75, 3.05) is 52.2 Å². The van der Waals surface area contributed by atoms with Crippen LogP contribution in [0.4, 0.5) is 5.69 Å². The molecule has 1 saturated carbocycles. The number of fused-ring (bicyclic) bond motifs is 1. The zero-order valence-electron chi connectivity index (χ0n) is 24.4. The fourth-order valence-corrected chi connectivity index (χ4v) is 6.02. The maximum absolute atomic E-state index is 13.4. The minimum atomic E-state index is -0.231. The van der Waals surface area contributed by atoms with Crippen molar-refractivity contribution < 1.29 is 9.53 Å². The van der Waals surface area contributed by atoms with E-state index in [2.05, 4.69) is 47.1 Å². The van der Waals surface area contributed by atoms with E-state index in [1.54, 1.807) is 13.2 Å². The SMILES string of the molecule is C=C(C#N)CNc1c(OC)ccc2ccc(-c3cccc(C(=O)NC4(C)CCC(N5CCN(C)CC5)CC4)n3)cc12. The number of benzene rings is 2. The van der Waals surface area contributed by atoms with Crippen molar-refractivity contribution in [3.05, 3.63) is 66.4 Å². The normalized spacial score (nSPS) is 21.7. The summed E-state index contributed by atoms with van der Waals surface area (Å²) in [5.74, 6) is 0.546. The molecule has 0 bridgehead atoms. The van der Waals surface area contributed by atoms with E-state index in [4.69, 9.17) is 15.0 Å². The predicted octanol–water partition coefficient (Wildman–Crippen LogP) is 5.08. The van der Waals surface area contributed by atoms with Crippen LogP contribution in [0.15, 0.2) is 60.7 Å². The number of aromatic nitrogens is 1. The fraction of sp³-hybridized carbons (Fsp3) is 0.424. The third-order valence-electron chi connectivity index (χ3n) is 8.65. The Morgan fingerprint density at radius 2 is 1.88 bits per heavy atom. The number of anilines is 1. The van der Waals surface area contributed by atoms with Crippen LogP contribution in [-0.2, 0) is 0 Å². The van der Waals surface area contributed by atoms with Gasteiger partial charge in [0.2, 0.25) is 0 Å². The molecule has 1 amide bonds. The summed E-state index contributed by atoms with van der Waals surface area (Å²) in [6.07, 6.45) is 4.14. The van der Waals surface area contributed by atoms with Gasteiger partial charge in [-0.1, -0.05) is 30.8 Å². The number of rotatable bonds is 8. The maximum Gasteiger partial charge on any atom is 0.270 e. The van der Waals surface area contributed by atoms with E-state index in [1.165, 1.54) is 0 Å². The van der Waals surface area contributed by atoms with Crippen LogP contribution in [0.25, 0.3) is 22.0 Å². The van der Waals surface area contributed by atoms with Gasteiger partial charge in [-0.05, 0) is 69.3 Å². The van der Waals surface area contributed by atoms with Crippen LogP contribution in [0.5, 0.6) is 5.75 Å². The van der Waals surface area contributed by atoms with Crippen molar-refractivity contribution in [2.24, 2.45) is 0 Å². The highest BCUT2D eigenvalue weighted by molar-refractivity contribution is 5.99. The molecule has 41 heavy (non-hydrogen) atoms. The third-order valence-corrected chi connectivity index (χ3v) is 8.65. The number of nitrogens with one attached hydrogen (secondary N) is 2. The molecule has 214 valence electrons. The molecular weight excluding hydrogens is 512 g/mol. The largest absolute Gasteiger partial charge is 0.495 e. The highest BCUT2D eigenvalue weighted by atomic mass is 16.5. The van der Waals surface area contributed by atoms with Crippen molar-refractivity contribution >= 4 is 22.4 Å². The number of hydrogen-bond donors (Lipinski definition) is 2. The summed E-state index contributed by atoms with van der Waals surface area (Å²) in [6, 6.07) is 18.3. The smallest absolute Gasteiger partial charge is 0.270 e. The standard InChI is InChI=1S/C33H40N6O2/c1-23(21-34)22-35-31-27-20-25(9-8-24(27)10-11-30(31)41-4)28-6-5-7-29(36-28)32(40)37-33(2)14-12-26(13-15-33)39-18-16-38(3)17-19-39/h5-11,20,26,35H,1,12-19,22H2,2-4H3,(H,37,40). The quantitative estimate of drug-likeness (QED) is 0.377. The molecule has 1 saturated heterocycles. The van der Waals surface area contributed by atoms with Crippen molar-refractivity contribution in [1.29, 1.82) is 5.26 Å². The molecule has 1 aliphatic heterocycles. The summed E-state index contributed by atoms with van der Waals surface area (Å²) in [7, 11) is 3.81. The molecule has 3 aromatic rings. The Kier molecular flexibility index (Phi) is 8.57. The van der Waals surface area contributed by atoms with Gasteiger partial charge in [-0.3, -0.25) is 9.69 Å². The Morgan fingerprint density at radius 3 is 2.59 bits per heavy atom. The van der Waals surface area contributed by atoms with Gasteiger partial charge >= 0.3 is 0 Å². The molecule has 2 fully saturated rings. The van der Waals surface area contributed by atoms with Gasteiger partial charge in [-0.25, -0.2) is 4.98 Å². The molecule has 1 aromatic heterocycles. The van der Waals surface area contributed by atoms with E-state index in [9.17, 15) is 4.79 Å². The average Bonchev–Trinajstić information content (AvgIpc) is 3.00. The average molecular weight is 553 g/mol. The molecule has 2 aliphatic rings. The van der Waals surface area contributed by atoms with Crippen LogP contribution in [0.1, 0.15) is 43.1 Å². The van der Waals surface area contributed by atoms with Gasteiger partial charge in [0, 0.05) is 60.8 Å². The second kappa shape index (κ2) is 12.3. The van der Waals surface area contributed by atoms with Gasteiger partial charge in [0.15, 0.2) is 0 Å². The lowest BCUT2D eigenvalue weighted by Gasteiger charge is -2.44. The minimum Gasteiger partial charge on any atom is -0.495 e. The van der Waals surface area contributed by atoms with Crippen LogP contribution in [0.3, 0.4) is 0 Å². The predicted molar refractivity (Wildman–Crippen MR) is 164 cm³/mol. The first kappa shape index (κ1) is 28.6. The second-order valence-corrected chi connectivity index (χ2v) is 11.6. The first-order valence-electron chi connectivity index (χ1n) is 14.4. The Labute approximate surface area is 243 Å². The number of pyridine rings is 1. The van der Waals surface area contributed by atoms with E-state index < -0.39 is 0 Å². The van der Waals surface area contributed by atoms with Gasteiger partial charge in [-0.2, -0.15) is 5.26 Å². The second-order valence-electron chi connectivity index (χ2n) is 11.6. The van der Waals surface area contributed by atoms with E-state index >= 15 is 0 Å². The summed E-state index contributed by atoms with van der Waals surface area (Å²) in [5, 5.41) is 17.7. The van der Waals surface area contributed by atoms with E-state index in [-0.39, 0.29) is 11.4 Å². The minimum absolute atomic E-state index is 0.132. The number of nitrogens with zero attached hydrogens (tertiary/aromatic N) is 4. The van der Waals surface area contributed by atoms with Crippen molar-refractivity contribution in [3.63, 3.8) is 0 Å². The summed E-state index contributed by atoms with van der Waals surface area (Å²) in [6.45, 7) is 10.8. The van der Waals surface area contributed by atoms with Crippen LogP contribution < -0.4 is 15.4 Å². The molecule has 5 rings (SSSR count). The van der Waals surface area contributed by atoms with Crippen LogP contribution in [0.2, 0.25) is 0 Å². The number of ether oxygens (including phenoxy) is 1. The number of nitriles is 1. The lowest BCUT2D eigenvalue weighted by Crippen LogP contribution is -2.54. The Hall–Kier alpha value is -3.93. The summed E-state index contributed by atoms with van der Waals surface area (Å²) >= 11 is 0. The number of hydrogen-bond acceptors (Lipinski definition) is 7. The molecule has 2 heterocycles. The molecule has 0 atom stereocenters. The van der Waals surface area contributed by atoms with Crippen molar-refractivity contribution in [2.45, 2.75) is 44.2 Å². The van der Waals surface area contributed by atoms with Gasteiger partial charge in [0.1, 0.15) is 11.4 Å². The van der Waals surface area contributed by atoms with Crippen molar-refractivity contribution in [1.82, 2.24) is 20.1 Å². The topological polar surface area (TPSA) is 93.5 Å². The number of piperazine rings is 1. The molecule has 2 aromatic carbocycles. The zero-order chi connectivity index (χ0) is 29.0. The lowest BCUT2D eigenvalue weighted by atomic mass is 9.80. The number of carbonyl (C=O) groups is 1. The maximum atomic E-state index is 13.4. The highest BCUT2D eigenvalue weighted by Crippen LogP contribution is 2.36.